The predicted molar refractivity (Wildman–Crippen MR) is 70.0 cm³/mol. The number of rotatable bonds is 5. The molecule has 17 heavy (non-hydrogen) atoms. The zero-order valence-corrected chi connectivity index (χ0v) is 11.6. The SMILES string of the molecule is CCCNC(c1coc(C)c1)c1ccc(Br)o1. The molecule has 0 aliphatic rings. The highest BCUT2D eigenvalue weighted by Gasteiger charge is 2.18. The van der Waals surface area contributed by atoms with Crippen LogP contribution in [0, 0.1) is 6.92 Å². The molecule has 1 N–H and O–H groups in total. The Kier molecular flexibility index (Phi) is 4.07. The predicted octanol–water partition coefficient (Wildman–Crippen LogP) is 4.03. The molecule has 0 aliphatic heterocycles. The van der Waals surface area contributed by atoms with Crippen LogP contribution in [-0.4, -0.2) is 6.54 Å². The maximum absolute atomic E-state index is 5.62. The molecule has 2 aromatic heterocycles. The van der Waals surface area contributed by atoms with Gasteiger partial charge in [-0.25, -0.2) is 0 Å². The highest BCUT2D eigenvalue weighted by atomic mass is 79.9. The summed E-state index contributed by atoms with van der Waals surface area (Å²) in [5, 5.41) is 3.45. The van der Waals surface area contributed by atoms with Crippen LogP contribution in [0.3, 0.4) is 0 Å². The second-order valence-electron chi connectivity index (χ2n) is 4.02. The molecular formula is C13H16BrNO2. The Morgan fingerprint density at radius 2 is 2.24 bits per heavy atom. The molecular weight excluding hydrogens is 282 g/mol. The summed E-state index contributed by atoms with van der Waals surface area (Å²) in [7, 11) is 0. The van der Waals surface area contributed by atoms with E-state index in [1.165, 1.54) is 0 Å². The van der Waals surface area contributed by atoms with Crippen molar-refractivity contribution in [2.75, 3.05) is 6.54 Å². The van der Waals surface area contributed by atoms with Crippen molar-refractivity contribution in [1.29, 1.82) is 0 Å². The van der Waals surface area contributed by atoms with Crippen molar-refractivity contribution in [2.24, 2.45) is 0 Å². The average molecular weight is 298 g/mol. The standard InChI is InChI=1S/C13H16BrNO2/c1-3-6-15-13(10-7-9(2)16-8-10)11-4-5-12(14)17-11/h4-5,7-8,13,15H,3,6H2,1-2H3. The smallest absolute Gasteiger partial charge is 0.169 e. The number of hydrogen-bond acceptors (Lipinski definition) is 3. The molecule has 3 nitrogen and oxygen atoms in total. The minimum absolute atomic E-state index is 0.0544. The lowest BCUT2D eigenvalue weighted by Crippen LogP contribution is -2.22. The van der Waals surface area contributed by atoms with Crippen molar-refractivity contribution in [3.05, 3.63) is 46.2 Å². The van der Waals surface area contributed by atoms with Gasteiger partial charge in [-0.3, -0.25) is 0 Å². The highest BCUT2D eigenvalue weighted by Crippen LogP contribution is 2.27. The third kappa shape index (κ3) is 3.01. The fourth-order valence-electron chi connectivity index (χ4n) is 1.77. The quantitative estimate of drug-likeness (QED) is 0.905. The van der Waals surface area contributed by atoms with E-state index in [1.54, 1.807) is 6.26 Å². The Balaban J connectivity index is 2.24. The largest absolute Gasteiger partial charge is 0.469 e. The van der Waals surface area contributed by atoms with Gasteiger partial charge in [-0.1, -0.05) is 6.92 Å². The van der Waals surface area contributed by atoms with Gasteiger partial charge in [0.15, 0.2) is 4.67 Å². The fourth-order valence-corrected chi connectivity index (χ4v) is 2.09. The lowest BCUT2D eigenvalue weighted by atomic mass is 10.1. The van der Waals surface area contributed by atoms with Gasteiger partial charge in [0.05, 0.1) is 12.3 Å². The highest BCUT2D eigenvalue weighted by molar-refractivity contribution is 9.10. The number of hydrogen-bond donors (Lipinski definition) is 1. The minimum atomic E-state index is 0.0544. The van der Waals surface area contributed by atoms with Gasteiger partial charge in [0.2, 0.25) is 0 Å². The topological polar surface area (TPSA) is 38.3 Å². The Morgan fingerprint density at radius 1 is 1.41 bits per heavy atom. The van der Waals surface area contributed by atoms with Gasteiger partial charge in [-0.15, -0.1) is 0 Å². The second kappa shape index (κ2) is 5.56. The Labute approximate surface area is 109 Å². The molecule has 1 unspecified atom stereocenters. The van der Waals surface area contributed by atoms with E-state index in [0.717, 1.165) is 34.7 Å². The molecule has 92 valence electrons. The normalized spacial score (nSPS) is 12.9. The van der Waals surface area contributed by atoms with E-state index in [4.69, 9.17) is 8.83 Å². The van der Waals surface area contributed by atoms with Crippen LogP contribution in [0.1, 0.15) is 36.5 Å². The van der Waals surface area contributed by atoms with Gasteiger partial charge in [-0.05, 0) is 54.0 Å². The number of halogens is 1. The zero-order chi connectivity index (χ0) is 12.3. The summed E-state index contributed by atoms with van der Waals surface area (Å²) in [6, 6.07) is 5.96. The van der Waals surface area contributed by atoms with Crippen LogP contribution < -0.4 is 5.32 Å². The first-order valence-electron chi connectivity index (χ1n) is 5.74. The Hall–Kier alpha value is -1.000. The van der Waals surface area contributed by atoms with Crippen LogP contribution in [0.2, 0.25) is 0 Å². The first-order valence-corrected chi connectivity index (χ1v) is 6.53. The molecule has 4 heteroatoms. The van der Waals surface area contributed by atoms with E-state index in [2.05, 4.69) is 28.2 Å². The van der Waals surface area contributed by atoms with Crippen LogP contribution in [0.25, 0.3) is 0 Å². The van der Waals surface area contributed by atoms with E-state index < -0.39 is 0 Å². The van der Waals surface area contributed by atoms with Crippen molar-refractivity contribution in [3.8, 4) is 0 Å². The molecule has 2 aromatic rings. The van der Waals surface area contributed by atoms with Crippen LogP contribution in [-0.2, 0) is 0 Å². The minimum Gasteiger partial charge on any atom is -0.469 e. The van der Waals surface area contributed by atoms with E-state index >= 15 is 0 Å². The Morgan fingerprint density at radius 3 is 2.76 bits per heavy atom. The van der Waals surface area contributed by atoms with Crippen molar-refractivity contribution in [2.45, 2.75) is 26.3 Å². The fraction of sp³-hybridized carbons (Fsp3) is 0.385. The molecule has 0 saturated heterocycles. The van der Waals surface area contributed by atoms with E-state index in [0.29, 0.717) is 0 Å². The zero-order valence-electron chi connectivity index (χ0n) is 10.00. The molecule has 0 saturated carbocycles. The Bertz CT molecular complexity index is 435. The van der Waals surface area contributed by atoms with Crippen LogP contribution in [0.5, 0.6) is 0 Å². The molecule has 1 atom stereocenters. The molecule has 2 heterocycles. The van der Waals surface area contributed by atoms with Crippen molar-refractivity contribution < 1.29 is 8.83 Å². The van der Waals surface area contributed by atoms with E-state index in [-0.39, 0.29) is 6.04 Å². The lowest BCUT2D eigenvalue weighted by molar-refractivity contribution is 0.430. The van der Waals surface area contributed by atoms with Crippen LogP contribution in [0.4, 0.5) is 0 Å². The molecule has 2 rings (SSSR count). The monoisotopic (exact) mass is 297 g/mol. The number of nitrogens with one attached hydrogen (secondary N) is 1. The summed E-state index contributed by atoms with van der Waals surface area (Å²) in [6.45, 7) is 5.02. The van der Waals surface area contributed by atoms with E-state index in [9.17, 15) is 0 Å². The summed E-state index contributed by atoms with van der Waals surface area (Å²) in [5.74, 6) is 1.81. The van der Waals surface area contributed by atoms with Crippen molar-refractivity contribution in [3.63, 3.8) is 0 Å². The van der Waals surface area contributed by atoms with Crippen molar-refractivity contribution >= 4 is 15.9 Å². The van der Waals surface area contributed by atoms with Gasteiger partial charge in [0.25, 0.3) is 0 Å². The molecule has 0 aromatic carbocycles. The maximum atomic E-state index is 5.62. The van der Waals surface area contributed by atoms with Gasteiger partial charge < -0.3 is 14.2 Å². The molecule has 0 fully saturated rings. The third-order valence-corrected chi connectivity index (χ3v) is 2.99. The molecule has 0 amide bonds. The average Bonchev–Trinajstić information content (AvgIpc) is 2.89. The third-order valence-electron chi connectivity index (χ3n) is 2.56. The molecule has 0 spiro atoms. The van der Waals surface area contributed by atoms with Crippen molar-refractivity contribution in [1.82, 2.24) is 5.32 Å². The molecule has 0 aliphatic carbocycles. The molecule has 0 radical (unpaired) electrons. The van der Waals surface area contributed by atoms with Gasteiger partial charge in [0.1, 0.15) is 11.5 Å². The molecule has 0 bridgehead atoms. The van der Waals surface area contributed by atoms with Crippen LogP contribution >= 0.6 is 15.9 Å². The first kappa shape index (κ1) is 12.5. The van der Waals surface area contributed by atoms with Gasteiger partial charge in [-0.2, -0.15) is 0 Å². The summed E-state index contributed by atoms with van der Waals surface area (Å²) >= 11 is 3.33. The maximum Gasteiger partial charge on any atom is 0.169 e. The second-order valence-corrected chi connectivity index (χ2v) is 4.80. The van der Waals surface area contributed by atoms with Crippen LogP contribution in [0.15, 0.2) is 38.0 Å². The van der Waals surface area contributed by atoms with Gasteiger partial charge in [0, 0.05) is 5.56 Å². The summed E-state index contributed by atoms with van der Waals surface area (Å²) < 4.78 is 11.7. The number of furan rings is 2. The van der Waals surface area contributed by atoms with E-state index in [1.807, 2.05) is 25.1 Å². The summed E-state index contributed by atoms with van der Waals surface area (Å²) in [6.07, 6.45) is 2.86. The lowest BCUT2D eigenvalue weighted by Gasteiger charge is -2.14. The number of aryl methyl sites for hydroxylation is 1. The first-order chi connectivity index (χ1) is 8.20. The summed E-state index contributed by atoms with van der Waals surface area (Å²) in [4.78, 5) is 0. The summed E-state index contributed by atoms with van der Waals surface area (Å²) in [5.41, 5.74) is 1.10. The van der Waals surface area contributed by atoms with Gasteiger partial charge >= 0.3 is 0 Å².